The van der Waals surface area contributed by atoms with E-state index in [9.17, 15) is 4.79 Å². The van der Waals surface area contributed by atoms with Gasteiger partial charge in [-0.05, 0) is 38.0 Å². The Morgan fingerprint density at radius 3 is 2.62 bits per heavy atom. The topological polar surface area (TPSA) is 55.1 Å². The molecular formula is C10H18N2O. The highest BCUT2D eigenvalue weighted by atomic mass is 16.1. The summed E-state index contributed by atoms with van der Waals surface area (Å²) in [7, 11) is 0. The molecule has 0 aromatic rings. The molecule has 3 heteroatoms. The van der Waals surface area contributed by atoms with E-state index in [0.29, 0.717) is 6.54 Å². The SMILES string of the molecule is C[C@H](CN)NC(=O)C1CC2CC2C1. The molecule has 2 saturated carbocycles. The van der Waals surface area contributed by atoms with Crippen LogP contribution in [-0.2, 0) is 4.79 Å². The molecule has 0 aromatic carbocycles. The van der Waals surface area contributed by atoms with Gasteiger partial charge in [0.1, 0.15) is 0 Å². The average Bonchev–Trinajstić information content (AvgIpc) is 2.73. The van der Waals surface area contributed by atoms with E-state index in [1.54, 1.807) is 0 Å². The van der Waals surface area contributed by atoms with Crippen LogP contribution in [0.1, 0.15) is 26.2 Å². The third kappa shape index (κ3) is 1.85. The second-order valence-corrected chi connectivity index (χ2v) is 4.57. The maximum atomic E-state index is 11.6. The molecule has 2 fully saturated rings. The molecule has 0 spiro atoms. The Hall–Kier alpha value is -0.570. The van der Waals surface area contributed by atoms with E-state index in [1.807, 2.05) is 6.92 Å². The number of carbonyl (C=O) groups excluding carboxylic acids is 1. The van der Waals surface area contributed by atoms with E-state index in [2.05, 4.69) is 5.32 Å². The summed E-state index contributed by atoms with van der Waals surface area (Å²) in [5.41, 5.74) is 5.44. The van der Waals surface area contributed by atoms with E-state index >= 15 is 0 Å². The van der Waals surface area contributed by atoms with Crippen molar-refractivity contribution in [3.63, 3.8) is 0 Å². The summed E-state index contributed by atoms with van der Waals surface area (Å²) < 4.78 is 0. The second kappa shape index (κ2) is 3.29. The average molecular weight is 182 g/mol. The summed E-state index contributed by atoms with van der Waals surface area (Å²) in [6, 6.07) is 0.129. The van der Waals surface area contributed by atoms with Crippen LogP contribution in [0.25, 0.3) is 0 Å². The van der Waals surface area contributed by atoms with Gasteiger partial charge < -0.3 is 11.1 Å². The van der Waals surface area contributed by atoms with E-state index in [1.165, 1.54) is 6.42 Å². The molecule has 74 valence electrons. The van der Waals surface area contributed by atoms with Gasteiger partial charge in [0.15, 0.2) is 0 Å². The van der Waals surface area contributed by atoms with Gasteiger partial charge in [-0.25, -0.2) is 0 Å². The normalized spacial score (nSPS) is 38.2. The number of nitrogens with two attached hydrogens (primary N) is 1. The van der Waals surface area contributed by atoms with Crippen molar-refractivity contribution >= 4 is 5.91 Å². The smallest absolute Gasteiger partial charge is 0.223 e. The quantitative estimate of drug-likeness (QED) is 0.667. The molecule has 2 rings (SSSR count). The number of hydrogen-bond donors (Lipinski definition) is 2. The number of amides is 1. The van der Waals surface area contributed by atoms with Crippen LogP contribution >= 0.6 is 0 Å². The van der Waals surface area contributed by atoms with E-state index in [0.717, 1.165) is 24.7 Å². The number of nitrogens with one attached hydrogen (secondary N) is 1. The molecule has 0 aromatic heterocycles. The monoisotopic (exact) mass is 182 g/mol. The second-order valence-electron chi connectivity index (χ2n) is 4.57. The van der Waals surface area contributed by atoms with Crippen LogP contribution < -0.4 is 11.1 Å². The van der Waals surface area contributed by atoms with Crippen molar-refractivity contribution in [2.45, 2.75) is 32.2 Å². The molecule has 0 heterocycles. The van der Waals surface area contributed by atoms with Crippen LogP contribution in [-0.4, -0.2) is 18.5 Å². The van der Waals surface area contributed by atoms with Crippen molar-refractivity contribution in [1.82, 2.24) is 5.32 Å². The molecule has 1 amide bonds. The van der Waals surface area contributed by atoms with E-state index < -0.39 is 0 Å². The van der Waals surface area contributed by atoms with Gasteiger partial charge >= 0.3 is 0 Å². The molecule has 3 N–H and O–H groups in total. The standard InChI is InChI=1S/C10H18N2O/c1-6(5-11)12-10(13)9-3-7-2-8(7)4-9/h6-9H,2-5,11H2,1H3,(H,12,13)/t6-,7?,8?,9?/m1/s1. The molecule has 0 radical (unpaired) electrons. The van der Waals surface area contributed by atoms with E-state index in [-0.39, 0.29) is 17.9 Å². The van der Waals surface area contributed by atoms with Crippen molar-refractivity contribution in [3.05, 3.63) is 0 Å². The van der Waals surface area contributed by atoms with Gasteiger partial charge in [0, 0.05) is 18.5 Å². The van der Waals surface area contributed by atoms with Gasteiger partial charge in [-0.2, -0.15) is 0 Å². The van der Waals surface area contributed by atoms with Crippen LogP contribution in [0.15, 0.2) is 0 Å². The fourth-order valence-electron chi connectivity index (χ4n) is 2.35. The molecule has 13 heavy (non-hydrogen) atoms. The Labute approximate surface area is 79.1 Å². The van der Waals surface area contributed by atoms with Gasteiger partial charge in [0.05, 0.1) is 0 Å². The predicted octanol–water partition coefficient (Wildman–Crippen LogP) is 0.496. The van der Waals surface area contributed by atoms with Crippen molar-refractivity contribution in [1.29, 1.82) is 0 Å². The van der Waals surface area contributed by atoms with Crippen molar-refractivity contribution in [2.24, 2.45) is 23.5 Å². The highest BCUT2D eigenvalue weighted by molar-refractivity contribution is 5.79. The minimum absolute atomic E-state index is 0.129. The molecule has 0 saturated heterocycles. The zero-order valence-corrected chi connectivity index (χ0v) is 8.12. The first kappa shape index (κ1) is 9.00. The maximum absolute atomic E-state index is 11.6. The summed E-state index contributed by atoms with van der Waals surface area (Å²) in [5.74, 6) is 2.27. The Kier molecular flexibility index (Phi) is 2.28. The molecule has 3 nitrogen and oxygen atoms in total. The first-order valence-electron chi connectivity index (χ1n) is 5.21. The van der Waals surface area contributed by atoms with Crippen molar-refractivity contribution < 1.29 is 4.79 Å². The Morgan fingerprint density at radius 1 is 1.46 bits per heavy atom. The lowest BCUT2D eigenvalue weighted by Crippen LogP contribution is -2.40. The highest BCUT2D eigenvalue weighted by Crippen LogP contribution is 2.54. The number of carbonyl (C=O) groups is 1. The van der Waals surface area contributed by atoms with Crippen LogP contribution in [0.4, 0.5) is 0 Å². The van der Waals surface area contributed by atoms with Crippen LogP contribution in [0.3, 0.4) is 0 Å². The molecule has 0 bridgehead atoms. The Bertz CT molecular complexity index is 207. The van der Waals surface area contributed by atoms with Gasteiger partial charge in [-0.15, -0.1) is 0 Å². The van der Waals surface area contributed by atoms with Gasteiger partial charge in [0.2, 0.25) is 5.91 Å². The fraction of sp³-hybridized carbons (Fsp3) is 0.900. The first-order chi connectivity index (χ1) is 6.20. The lowest BCUT2D eigenvalue weighted by Gasteiger charge is -2.16. The van der Waals surface area contributed by atoms with Gasteiger partial charge in [-0.3, -0.25) is 4.79 Å². The molecular weight excluding hydrogens is 164 g/mol. The lowest BCUT2D eigenvalue weighted by atomic mass is 10.0. The van der Waals surface area contributed by atoms with Crippen molar-refractivity contribution in [2.75, 3.05) is 6.54 Å². The maximum Gasteiger partial charge on any atom is 0.223 e. The number of rotatable bonds is 3. The number of fused-ring (bicyclic) bond motifs is 1. The van der Waals surface area contributed by atoms with Crippen LogP contribution in [0.5, 0.6) is 0 Å². The zero-order valence-electron chi connectivity index (χ0n) is 8.12. The first-order valence-corrected chi connectivity index (χ1v) is 5.21. The van der Waals surface area contributed by atoms with Gasteiger partial charge in [-0.1, -0.05) is 0 Å². The van der Waals surface area contributed by atoms with Crippen molar-refractivity contribution in [3.8, 4) is 0 Å². The molecule has 2 aliphatic carbocycles. The minimum Gasteiger partial charge on any atom is -0.352 e. The van der Waals surface area contributed by atoms with Gasteiger partial charge in [0.25, 0.3) is 0 Å². The minimum atomic E-state index is 0.129. The zero-order chi connectivity index (χ0) is 9.42. The predicted molar refractivity (Wildman–Crippen MR) is 51.0 cm³/mol. The molecule has 2 aliphatic rings. The summed E-state index contributed by atoms with van der Waals surface area (Å²) in [4.78, 5) is 11.6. The third-order valence-corrected chi connectivity index (χ3v) is 3.36. The summed E-state index contributed by atoms with van der Waals surface area (Å²) in [6.45, 7) is 2.49. The Morgan fingerprint density at radius 2 is 2.08 bits per heavy atom. The summed E-state index contributed by atoms with van der Waals surface area (Å²) in [5, 5.41) is 2.95. The van der Waals surface area contributed by atoms with E-state index in [4.69, 9.17) is 5.73 Å². The van der Waals surface area contributed by atoms with Crippen LogP contribution in [0, 0.1) is 17.8 Å². The van der Waals surface area contributed by atoms with Crippen LogP contribution in [0.2, 0.25) is 0 Å². The summed E-state index contributed by atoms with van der Waals surface area (Å²) in [6.07, 6.45) is 3.61. The fourth-order valence-corrected chi connectivity index (χ4v) is 2.35. The molecule has 0 aliphatic heterocycles. The summed E-state index contributed by atoms with van der Waals surface area (Å²) >= 11 is 0. The molecule has 3 atom stereocenters. The largest absolute Gasteiger partial charge is 0.352 e. The highest BCUT2D eigenvalue weighted by Gasteiger charge is 2.47. The molecule has 2 unspecified atom stereocenters. The lowest BCUT2D eigenvalue weighted by molar-refractivity contribution is -0.125. The number of hydrogen-bond acceptors (Lipinski definition) is 2. The Balaban J connectivity index is 1.77. The third-order valence-electron chi connectivity index (χ3n) is 3.36.